The van der Waals surface area contributed by atoms with Crippen LogP contribution in [0.15, 0.2) is 12.7 Å². The molecule has 1 unspecified atom stereocenters. The summed E-state index contributed by atoms with van der Waals surface area (Å²) in [4.78, 5) is 0. The van der Waals surface area contributed by atoms with Gasteiger partial charge in [-0.3, -0.25) is 0 Å². The molecular weight excluding hydrogens is 114 g/mol. The number of hydrogen-bond donors (Lipinski definition) is 2. The van der Waals surface area contributed by atoms with Crippen LogP contribution in [0.25, 0.3) is 0 Å². The molecule has 0 bridgehead atoms. The Morgan fingerprint density at radius 3 is 2.67 bits per heavy atom. The highest BCUT2D eigenvalue weighted by Gasteiger charge is 2.12. The van der Waals surface area contributed by atoms with Crippen molar-refractivity contribution in [1.29, 1.82) is 0 Å². The molecule has 2 heteroatoms. The largest absolute Gasteiger partial charge is 0.386 e. The van der Waals surface area contributed by atoms with E-state index in [2.05, 4.69) is 11.9 Å². The van der Waals surface area contributed by atoms with Gasteiger partial charge in [0.25, 0.3) is 0 Å². The van der Waals surface area contributed by atoms with E-state index >= 15 is 0 Å². The summed E-state index contributed by atoms with van der Waals surface area (Å²) < 4.78 is 0. The van der Waals surface area contributed by atoms with Crippen molar-refractivity contribution in [3.05, 3.63) is 12.7 Å². The first-order valence-corrected chi connectivity index (χ1v) is 3.13. The Kier molecular flexibility index (Phi) is 3.50. The van der Waals surface area contributed by atoms with Gasteiger partial charge < -0.3 is 10.4 Å². The fourth-order valence-corrected chi connectivity index (χ4v) is 0.480. The zero-order valence-electron chi connectivity index (χ0n) is 6.15. The molecular formula is C7H15NO. The van der Waals surface area contributed by atoms with Crippen molar-refractivity contribution in [3.63, 3.8) is 0 Å². The van der Waals surface area contributed by atoms with Gasteiger partial charge in [-0.1, -0.05) is 6.08 Å². The molecule has 0 aromatic carbocycles. The van der Waals surface area contributed by atoms with Gasteiger partial charge in [0.1, 0.15) is 0 Å². The molecule has 9 heavy (non-hydrogen) atoms. The Hall–Kier alpha value is -0.340. The first kappa shape index (κ1) is 8.66. The summed E-state index contributed by atoms with van der Waals surface area (Å²) in [5.74, 6) is 0. The zero-order chi connectivity index (χ0) is 7.33. The van der Waals surface area contributed by atoms with Crippen LogP contribution >= 0.6 is 0 Å². The second kappa shape index (κ2) is 3.64. The van der Waals surface area contributed by atoms with E-state index in [1.54, 1.807) is 13.0 Å². The van der Waals surface area contributed by atoms with Crippen molar-refractivity contribution in [3.8, 4) is 0 Å². The van der Waals surface area contributed by atoms with Crippen molar-refractivity contribution < 1.29 is 5.11 Å². The Labute approximate surface area is 56.6 Å². The lowest BCUT2D eigenvalue weighted by atomic mass is 10.0. The molecule has 0 saturated heterocycles. The minimum Gasteiger partial charge on any atom is -0.386 e. The Bertz CT molecular complexity index is 88.9. The average Bonchev–Trinajstić information content (AvgIpc) is 1.84. The van der Waals surface area contributed by atoms with Gasteiger partial charge in [-0.2, -0.15) is 0 Å². The van der Waals surface area contributed by atoms with E-state index in [0.29, 0.717) is 6.42 Å². The van der Waals surface area contributed by atoms with Crippen molar-refractivity contribution in [1.82, 2.24) is 5.32 Å². The Balaban J connectivity index is 3.45. The molecule has 0 rings (SSSR count). The van der Waals surface area contributed by atoms with Crippen LogP contribution in [0.1, 0.15) is 13.3 Å². The third kappa shape index (κ3) is 4.18. The number of hydrogen-bond acceptors (Lipinski definition) is 2. The van der Waals surface area contributed by atoms with Gasteiger partial charge in [0.05, 0.1) is 5.60 Å². The summed E-state index contributed by atoms with van der Waals surface area (Å²) in [6, 6.07) is 0. The van der Waals surface area contributed by atoms with Crippen LogP contribution in [0.3, 0.4) is 0 Å². The molecule has 0 fully saturated rings. The van der Waals surface area contributed by atoms with E-state index in [0.717, 1.165) is 6.54 Å². The summed E-state index contributed by atoms with van der Waals surface area (Å²) in [6.45, 7) is 6.07. The minimum absolute atomic E-state index is 0.705. The molecule has 0 radical (unpaired) electrons. The quantitative estimate of drug-likeness (QED) is 0.543. The van der Waals surface area contributed by atoms with Crippen molar-refractivity contribution >= 4 is 0 Å². The average molecular weight is 129 g/mol. The SMILES string of the molecule is C=CC(C)(O)CCNC. The van der Waals surface area contributed by atoms with Gasteiger partial charge in [0, 0.05) is 0 Å². The summed E-state index contributed by atoms with van der Waals surface area (Å²) in [5, 5.41) is 12.2. The van der Waals surface area contributed by atoms with E-state index in [4.69, 9.17) is 0 Å². The zero-order valence-corrected chi connectivity index (χ0v) is 6.15. The maximum atomic E-state index is 9.30. The molecule has 0 aromatic rings. The van der Waals surface area contributed by atoms with Gasteiger partial charge >= 0.3 is 0 Å². The topological polar surface area (TPSA) is 32.3 Å². The van der Waals surface area contributed by atoms with Crippen LogP contribution in [-0.4, -0.2) is 24.3 Å². The van der Waals surface area contributed by atoms with Crippen LogP contribution < -0.4 is 5.32 Å². The maximum Gasteiger partial charge on any atom is 0.0809 e. The van der Waals surface area contributed by atoms with Gasteiger partial charge in [-0.25, -0.2) is 0 Å². The van der Waals surface area contributed by atoms with Crippen molar-refractivity contribution in [2.45, 2.75) is 18.9 Å². The van der Waals surface area contributed by atoms with Gasteiger partial charge in [0.2, 0.25) is 0 Å². The first-order chi connectivity index (χ1) is 4.12. The lowest BCUT2D eigenvalue weighted by Crippen LogP contribution is -2.25. The molecule has 0 aliphatic rings. The highest BCUT2D eigenvalue weighted by atomic mass is 16.3. The molecule has 0 amide bonds. The number of aliphatic hydroxyl groups is 1. The molecule has 0 saturated carbocycles. The normalized spacial score (nSPS) is 16.8. The third-order valence-corrected chi connectivity index (χ3v) is 1.32. The maximum absolute atomic E-state index is 9.30. The summed E-state index contributed by atoms with van der Waals surface area (Å²) in [7, 11) is 1.86. The molecule has 0 spiro atoms. The predicted octanol–water partition coefficient (Wildman–Crippen LogP) is 0.533. The Morgan fingerprint density at radius 2 is 2.33 bits per heavy atom. The molecule has 0 aliphatic heterocycles. The van der Waals surface area contributed by atoms with Gasteiger partial charge in [-0.15, -0.1) is 6.58 Å². The van der Waals surface area contributed by atoms with Gasteiger partial charge in [-0.05, 0) is 26.9 Å². The molecule has 2 nitrogen and oxygen atoms in total. The van der Waals surface area contributed by atoms with Crippen LogP contribution in [0, 0.1) is 0 Å². The minimum atomic E-state index is -0.705. The van der Waals surface area contributed by atoms with Crippen LogP contribution in [0.5, 0.6) is 0 Å². The van der Waals surface area contributed by atoms with Crippen molar-refractivity contribution in [2.24, 2.45) is 0 Å². The van der Waals surface area contributed by atoms with E-state index in [1.165, 1.54) is 0 Å². The fraction of sp³-hybridized carbons (Fsp3) is 0.714. The molecule has 1 atom stereocenters. The molecule has 0 aromatic heterocycles. The summed E-state index contributed by atoms with van der Waals surface area (Å²) >= 11 is 0. The number of nitrogens with one attached hydrogen (secondary N) is 1. The smallest absolute Gasteiger partial charge is 0.0809 e. The Morgan fingerprint density at radius 1 is 1.78 bits per heavy atom. The predicted molar refractivity (Wildman–Crippen MR) is 39.4 cm³/mol. The standard InChI is InChI=1S/C7H15NO/c1-4-7(2,9)5-6-8-3/h4,8-9H,1,5-6H2,2-3H3. The molecule has 2 N–H and O–H groups in total. The summed E-state index contributed by atoms with van der Waals surface area (Å²) in [6.07, 6.45) is 2.28. The number of rotatable bonds is 4. The van der Waals surface area contributed by atoms with Crippen LogP contribution in [0.2, 0.25) is 0 Å². The fourth-order valence-electron chi connectivity index (χ4n) is 0.480. The van der Waals surface area contributed by atoms with E-state index in [9.17, 15) is 5.11 Å². The highest BCUT2D eigenvalue weighted by Crippen LogP contribution is 2.07. The van der Waals surface area contributed by atoms with Crippen LogP contribution in [-0.2, 0) is 0 Å². The third-order valence-electron chi connectivity index (χ3n) is 1.32. The molecule has 0 heterocycles. The second-order valence-electron chi connectivity index (χ2n) is 2.41. The first-order valence-electron chi connectivity index (χ1n) is 3.13. The van der Waals surface area contributed by atoms with Crippen molar-refractivity contribution in [2.75, 3.05) is 13.6 Å². The highest BCUT2D eigenvalue weighted by molar-refractivity contribution is 4.91. The lowest BCUT2D eigenvalue weighted by Gasteiger charge is -2.17. The van der Waals surface area contributed by atoms with Crippen LogP contribution in [0.4, 0.5) is 0 Å². The lowest BCUT2D eigenvalue weighted by molar-refractivity contribution is 0.103. The van der Waals surface area contributed by atoms with E-state index in [1.807, 2.05) is 7.05 Å². The van der Waals surface area contributed by atoms with E-state index < -0.39 is 5.60 Å². The summed E-state index contributed by atoms with van der Waals surface area (Å²) in [5.41, 5.74) is -0.705. The molecule has 54 valence electrons. The second-order valence-corrected chi connectivity index (χ2v) is 2.41. The van der Waals surface area contributed by atoms with Gasteiger partial charge in [0.15, 0.2) is 0 Å². The molecule has 0 aliphatic carbocycles. The monoisotopic (exact) mass is 129 g/mol. The van der Waals surface area contributed by atoms with E-state index in [-0.39, 0.29) is 0 Å².